The molecule has 0 bridgehead atoms. The number of piperazine rings is 1. The summed E-state index contributed by atoms with van der Waals surface area (Å²) in [6.07, 6.45) is -2.81. The van der Waals surface area contributed by atoms with Gasteiger partial charge in [-0.2, -0.15) is 18.2 Å². The Labute approximate surface area is 208 Å². The minimum Gasteiger partial charge on any atom is -0.361 e. The number of anilines is 1. The topological polar surface area (TPSA) is 58.6 Å². The Morgan fingerprint density at radius 2 is 1.81 bits per heavy atom. The minimum atomic E-state index is -4.37. The molecule has 3 aromatic rings. The highest BCUT2D eigenvalue weighted by molar-refractivity contribution is 5.87. The molecule has 0 radical (unpaired) electrons. The zero-order valence-electron chi connectivity index (χ0n) is 20.8. The standard InChI is InChI=1S/C26H29F3N6O/c1-6-19-15-34(24-23-21(33(5)25(36)32-24)12-13-22(30-4)31-23)16(3)14-35(19)20(7-2)17-8-10-18(11-9-17)26(27,28)29/h8-13,16,19-20H,6-7,14-15H2,1-3,5H3. The van der Waals surface area contributed by atoms with Gasteiger partial charge in [0.25, 0.3) is 5.82 Å². The van der Waals surface area contributed by atoms with Crippen molar-refractivity contribution >= 4 is 22.7 Å². The summed E-state index contributed by atoms with van der Waals surface area (Å²) in [6, 6.07) is 8.75. The van der Waals surface area contributed by atoms with Crippen LogP contribution >= 0.6 is 0 Å². The molecule has 0 amide bonds. The van der Waals surface area contributed by atoms with Crippen molar-refractivity contribution in [1.29, 1.82) is 0 Å². The molecule has 1 aromatic carbocycles. The van der Waals surface area contributed by atoms with Crippen LogP contribution < -0.4 is 10.6 Å². The maximum Gasteiger partial charge on any atom is 0.416 e. The lowest BCUT2D eigenvalue weighted by atomic mass is 9.95. The smallest absolute Gasteiger partial charge is 0.361 e. The summed E-state index contributed by atoms with van der Waals surface area (Å²) < 4.78 is 40.6. The zero-order valence-corrected chi connectivity index (χ0v) is 20.8. The number of aryl methyl sites for hydroxylation is 1. The Morgan fingerprint density at radius 1 is 1.11 bits per heavy atom. The van der Waals surface area contributed by atoms with E-state index in [0.29, 0.717) is 29.9 Å². The average molecular weight is 499 g/mol. The van der Waals surface area contributed by atoms with Crippen LogP contribution in [0, 0.1) is 6.57 Å². The van der Waals surface area contributed by atoms with E-state index in [2.05, 4.69) is 31.5 Å². The van der Waals surface area contributed by atoms with Gasteiger partial charge in [0.15, 0.2) is 5.82 Å². The Balaban J connectivity index is 1.69. The van der Waals surface area contributed by atoms with Gasteiger partial charge in [-0.3, -0.25) is 9.47 Å². The average Bonchev–Trinajstić information content (AvgIpc) is 2.86. The van der Waals surface area contributed by atoms with Crippen molar-refractivity contribution < 1.29 is 13.2 Å². The van der Waals surface area contributed by atoms with Gasteiger partial charge in [0, 0.05) is 38.3 Å². The molecule has 3 heterocycles. The van der Waals surface area contributed by atoms with Gasteiger partial charge in [-0.1, -0.05) is 32.6 Å². The van der Waals surface area contributed by atoms with E-state index in [0.717, 1.165) is 30.5 Å². The molecule has 1 saturated heterocycles. The first-order chi connectivity index (χ1) is 17.1. The summed E-state index contributed by atoms with van der Waals surface area (Å²) in [4.78, 5) is 29.3. The lowest BCUT2D eigenvalue weighted by Crippen LogP contribution is -2.58. The molecule has 190 valence electrons. The minimum absolute atomic E-state index is 0.0398. The highest BCUT2D eigenvalue weighted by Crippen LogP contribution is 2.36. The van der Waals surface area contributed by atoms with Crippen LogP contribution in [-0.4, -0.2) is 44.6 Å². The number of benzene rings is 1. The predicted molar refractivity (Wildman–Crippen MR) is 133 cm³/mol. The van der Waals surface area contributed by atoms with Crippen LogP contribution in [0.2, 0.25) is 0 Å². The molecular formula is C26H29F3N6O. The highest BCUT2D eigenvalue weighted by Gasteiger charge is 2.37. The lowest BCUT2D eigenvalue weighted by molar-refractivity contribution is -0.137. The van der Waals surface area contributed by atoms with E-state index in [1.165, 1.54) is 4.57 Å². The van der Waals surface area contributed by atoms with Gasteiger partial charge in [-0.05, 0) is 49.6 Å². The quantitative estimate of drug-likeness (QED) is 0.445. The molecule has 1 aliphatic rings. The summed E-state index contributed by atoms with van der Waals surface area (Å²) in [7, 11) is 1.63. The highest BCUT2D eigenvalue weighted by atomic mass is 19.4. The first kappa shape index (κ1) is 25.6. The van der Waals surface area contributed by atoms with Crippen LogP contribution in [0.5, 0.6) is 0 Å². The first-order valence-corrected chi connectivity index (χ1v) is 12.0. The normalized spacial score (nSPS) is 19.9. The summed E-state index contributed by atoms with van der Waals surface area (Å²) in [6.45, 7) is 14.7. The molecule has 0 N–H and O–H groups in total. The van der Waals surface area contributed by atoms with Gasteiger partial charge in [0.05, 0.1) is 11.1 Å². The van der Waals surface area contributed by atoms with E-state index >= 15 is 0 Å². The molecule has 1 fully saturated rings. The fraction of sp³-hybridized carbons (Fsp3) is 0.462. The number of alkyl halides is 3. The Hall–Kier alpha value is -3.45. The molecule has 1 aliphatic heterocycles. The van der Waals surface area contributed by atoms with Gasteiger partial charge in [0.1, 0.15) is 0 Å². The second-order valence-electron chi connectivity index (χ2n) is 9.23. The number of rotatable bonds is 5. The van der Waals surface area contributed by atoms with E-state index in [1.54, 1.807) is 31.3 Å². The van der Waals surface area contributed by atoms with Gasteiger partial charge in [-0.25, -0.2) is 4.79 Å². The lowest BCUT2D eigenvalue weighted by Gasteiger charge is -2.48. The largest absolute Gasteiger partial charge is 0.416 e. The van der Waals surface area contributed by atoms with Crippen molar-refractivity contribution in [2.75, 3.05) is 18.0 Å². The zero-order chi connectivity index (χ0) is 26.2. The van der Waals surface area contributed by atoms with Crippen LogP contribution in [-0.2, 0) is 13.2 Å². The fourth-order valence-corrected chi connectivity index (χ4v) is 5.12. The van der Waals surface area contributed by atoms with Crippen LogP contribution in [0.3, 0.4) is 0 Å². The van der Waals surface area contributed by atoms with E-state index < -0.39 is 17.4 Å². The Kier molecular flexibility index (Phi) is 7.05. The summed E-state index contributed by atoms with van der Waals surface area (Å²) in [5, 5.41) is 0. The van der Waals surface area contributed by atoms with E-state index in [1.807, 2.05) is 13.8 Å². The molecule has 10 heteroatoms. The molecule has 0 aliphatic carbocycles. The third kappa shape index (κ3) is 4.67. The monoisotopic (exact) mass is 498 g/mol. The maximum absolute atomic E-state index is 13.1. The number of hydrogen-bond acceptors (Lipinski definition) is 5. The number of aromatic nitrogens is 3. The summed E-state index contributed by atoms with van der Waals surface area (Å²) in [5.74, 6) is 0.697. The summed E-state index contributed by atoms with van der Waals surface area (Å²) in [5.41, 5.74) is 0.923. The van der Waals surface area contributed by atoms with Gasteiger partial charge in [0.2, 0.25) is 5.52 Å². The van der Waals surface area contributed by atoms with Crippen molar-refractivity contribution in [3.8, 4) is 0 Å². The number of hydrogen-bond donors (Lipinski definition) is 0. The molecule has 36 heavy (non-hydrogen) atoms. The SMILES string of the molecule is [C-]#[N+]c1ccc2c(n1)c(N1CC(CC)N(C(CC)c3ccc(C(F)(F)F)cc3)CC1C)nc(=O)n2C. The van der Waals surface area contributed by atoms with Crippen molar-refractivity contribution in [3.63, 3.8) is 0 Å². The number of fused-ring (bicyclic) bond motifs is 1. The predicted octanol–water partition coefficient (Wildman–Crippen LogP) is 5.34. The van der Waals surface area contributed by atoms with E-state index in [4.69, 9.17) is 6.57 Å². The molecule has 3 atom stereocenters. The third-order valence-corrected chi connectivity index (χ3v) is 7.07. The molecule has 0 spiro atoms. The number of nitrogens with zero attached hydrogens (tertiary/aromatic N) is 6. The number of pyridine rings is 1. The fourth-order valence-electron chi connectivity index (χ4n) is 5.12. The van der Waals surface area contributed by atoms with Crippen LogP contribution in [0.15, 0.2) is 41.2 Å². The Morgan fingerprint density at radius 3 is 2.39 bits per heavy atom. The molecule has 7 nitrogen and oxygen atoms in total. The van der Waals surface area contributed by atoms with Gasteiger partial charge < -0.3 is 9.74 Å². The molecule has 4 rings (SSSR count). The van der Waals surface area contributed by atoms with Gasteiger partial charge >= 0.3 is 11.9 Å². The molecule has 2 aromatic heterocycles. The first-order valence-electron chi connectivity index (χ1n) is 12.0. The second-order valence-corrected chi connectivity index (χ2v) is 9.23. The Bertz CT molecular complexity index is 1350. The van der Waals surface area contributed by atoms with Crippen molar-refractivity contribution in [3.05, 3.63) is 69.4 Å². The van der Waals surface area contributed by atoms with Crippen molar-refractivity contribution in [1.82, 2.24) is 19.4 Å². The van der Waals surface area contributed by atoms with Crippen LogP contribution in [0.1, 0.15) is 50.8 Å². The van der Waals surface area contributed by atoms with Gasteiger partial charge in [-0.15, -0.1) is 4.98 Å². The second kappa shape index (κ2) is 9.90. The maximum atomic E-state index is 13.1. The third-order valence-electron chi connectivity index (χ3n) is 7.07. The number of halogens is 3. The van der Waals surface area contributed by atoms with Crippen molar-refractivity contribution in [2.45, 2.75) is 57.9 Å². The summed E-state index contributed by atoms with van der Waals surface area (Å²) >= 11 is 0. The van der Waals surface area contributed by atoms with Crippen molar-refractivity contribution in [2.24, 2.45) is 7.05 Å². The molecule has 0 saturated carbocycles. The van der Waals surface area contributed by atoms with E-state index in [9.17, 15) is 18.0 Å². The molecular weight excluding hydrogens is 469 g/mol. The molecule has 3 unspecified atom stereocenters. The van der Waals surface area contributed by atoms with Crippen LogP contribution in [0.4, 0.5) is 24.8 Å². The van der Waals surface area contributed by atoms with E-state index in [-0.39, 0.29) is 23.9 Å². The van der Waals surface area contributed by atoms with Crippen LogP contribution in [0.25, 0.3) is 15.9 Å².